The summed E-state index contributed by atoms with van der Waals surface area (Å²) in [5.74, 6) is 1.79. The summed E-state index contributed by atoms with van der Waals surface area (Å²) in [5.41, 5.74) is 0.987. The van der Waals surface area contributed by atoms with E-state index in [1.165, 1.54) is 0 Å². The molecule has 0 saturated carbocycles. The van der Waals surface area contributed by atoms with Crippen LogP contribution in [-0.2, 0) is 10.2 Å². The topological polar surface area (TPSA) is 47.0 Å². The molecule has 0 spiro atoms. The largest absolute Gasteiger partial charge is 0.377 e. The van der Waals surface area contributed by atoms with E-state index in [4.69, 9.17) is 4.74 Å². The first-order valence-electron chi connectivity index (χ1n) is 5.65. The number of ether oxygens (including phenoxy) is 1. The minimum absolute atomic E-state index is 0.0153. The Bertz CT molecular complexity index is 380. The molecule has 4 nitrogen and oxygen atoms in total. The average Bonchev–Trinajstić information content (AvgIpc) is 2.09. The van der Waals surface area contributed by atoms with Crippen molar-refractivity contribution in [3.05, 3.63) is 17.6 Å². The highest BCUT2D eigenvalue weighted by Crippen LogP contribution is 2.21. The second kappa shape index (κ2) is 4.01. The standard InChI is InChI=1S/C12H19N3O/c1-8-5-10(14-9-6-16-7-9)15-11(13-8)12(2,3)4/h5,9H,6-7H2,1-4H3,(H,13,14,15). The number of nitrogens with zero attached hydrogens (tertiary/aromatic N) is 2. The van der Waals surface area contributed by atoms with Crippen LogP contribution < -0.4 is 5.32 Å². The molecule has 16 heavy (non-hydrogen) atoms. The van der Waals surface area contributed by atoms with Crippen molar-refractivity contribution in [1.29, 1.82) is 0 Å². The quantitative estimate of drug-likeness (QED) is 0.828. The minimum Gasteiger partial charge on any atom is -0.377 e. The van der Waals surface area contributed by atoms with E-state index in [0.29, 0.717) is 6.04 Å². The molecule has 1 N–H and O–H groups in total. The minimum atomic E-state index is -0.0153. The highest BCUT2D eigenvalue weighted by atomic mass is 16.5. The van der Waals surface area contributed by atoms with Gasteiger partial charge in [-0.1, -0.05) is 20.8 Å². The third-order valence-electron chi connectivity index (χ3n) is 2.52. The van der Waals surface area contributed by atoms with Crippen LogP contribution in [0.15, 0.2) is 6.07 Å². The fraction of sp³-hybridized carbons (Fsp3) is 0.667. The first kappa shape index (κ1) is 11.3. The monoisotopic (exact) mass is 221 g/mol. The normalized spacial score (nSPS) is 17.0. The molecule has 1 aliphatic heterocycles. The van der Waals surface area contributed by atoms with Gasteiger partial charge in [0.05, 0.1) is 19.3 Å². The molecule has 1 saturated heterocycles. The van der Waals surface area contributed by atoms with Crippen LogP contribution in [0.25, 0.3) is 0 Å². The number of rotatable bonds is 2. The van der Waals surface area contributed by atoms with E-state index >= 15 is 0 Å². The average molecular weight is 221 g/mol. The lowest BCUT2D eigenvalue weighted by Gasteiger charge is -2.28. The third-order valence-corrected chi connectivity index (χ3v) is 2.52. The number of hydrogen-bond donors (Lipinski definition) is 1. The second-order valence-electron chi connectivity index (χ2n) is 5.35. The first-order valence-corrected chi connectivity index (χ1v) is 5.65. The molecule has 2 heterocycles. The number of aryl methyl sites for hydroxylation is 1. The lowest BCUT2D eigenvalue weighted by atomic mass is 9.95. The van der Waals surface area contributed by atoms with Crippen molar-refractivity contribution in [3.8, 4) is 0 Å². The number of anilines is 1. The molecule has 4 heteroatoms. The van der Waals surface area contributed by atoms with Crippen LogP contribution in [0, 0.1) is 6.92 Å². The fourth-order valence-corrected chi connectivity index (χ4v) is 1.51. The van der Waals surface area contributed by atoms with E-state index in [-0.39, 0.29) is 5.41 Å². The molecule has 0 aliphatic carbocycles. The van der Waals surface area contributed by atoms with Crippen molar-refractivity contribution in [1.82, 2.24) is 9.97 Å². The van der Waals surface area contributed by atoms with Crippen molar-refractivity contribution in [3.63, 3.8) is 0 Å². The van der Waals surface area contributed by atoms with E-state index in [1.54, 1.807) is 0 Å². The van der Waals surface area contributed by atoms with Gasteiger partial charge in [-0.15, -0.1) is 0 Å². The van der Waals surface area contributed by atoms with Gasteiger partial charge in [-0.2, -0.15) is 0 Å². The van der Waals surface area contributed by atoms with Crippen LogP contribution >= 0.6 is 0 Å². The maximum Gasteiger partial charge on any atom is 0.136 e. The summed E-state index contributed by atoms with van der Waals surface area (Å²) in [6, 6.07) is 2.38. The van der Waals surface area contributed by atoms with Crippen molar-refractivity contribution >= 4 is 5.82 Å². The van der Waals surface area contributed by atoms with Crippen molar-refractivity contribution in [2.45, 2.75) is 39.2 Å². The predicted octanol–water partition coefficient (Wildman–Crippen LogP) is 1.89. The van der Waals surface area contributed by atoms with E-state index in [1.807, 2.05) is 13.0 Å². The van der Waals surface area contributed by atoms with Crippen molar-refractivity contribution in [2.75, 3.05) is 18.5 Å². The molecule has 2 rings (SSSR count). The molecular weight excluding hydrogens is 202 g/mol. The lowest BCUT2D eigenvalue weighted by molar-refractivity contribution is 0.0209. The van der Waals surface area contributed by atoms with Gasteiger partial charge in [-0.25, -0.2) is 9.97 Å². The molecule has 1 fully saturated rings. The van der Waals surface area contributed by atoms with Crippen LogP contribution in [0.4, 0.5) is 5.82 Å². The molecule has 0 radical (unpaired) electrons. The summed E-state index contributed by atoms with van der Waals surface area (Å²) >= 11 is 0. The second-order valence-corrected chi connectivity index (χ2v) is 5.35. The molecule has 0 aromatic carbocycles. The first-order chi connectivity index (χ1) is 7.45. The Balaban J connectivity index is 2.21. The van der Waals surface area contributed by atoms with E-state index in [2.05, 4.69) is 36.1 Å². The molecular formula is C12H19N3O. The zero-order valence-electron chi connectivity index (χ0n) is 10.4. The van der Waals surface area contributed by atoms with Gasteiger partial charge in [0.15, 0.2) is 0 Å². The SMILES string of the molecule is Cc1cc(NC2COC2)nc(C(C)(C)C)n1. The van der Waals surface area contributed by atoms with Gasteiger partial charge in [0.2, 0.25) is 0 Å². The zero-order chi connectivity index (χ0) is 11.8. The lowest BCUT2D eigenvalue weighted by Crippen LogP contribution is -2.40. The van der Waals surface area contributed by atoms with Gasteiger partial charge in [-0.05, 0) is 6.92 Å². The van der Waals surface area contributed by atoms with E-state index in [0.717, 1.165) is 30.5 Å². The summed E-state index contributed by atoms with van der Waals surface area (Å²) in [6.45, 7) is 9.91. The van der Waals surface area contributed by atoms with E-state index < -0.39 is 0 Å². The Hall–Kier alpha value is -1.16. The number of nitrogens with one attached hydrogen (secondary N) is 1. The van der Waals surface area contributed by atoms with Gasteiger partial charge < -0.3 is 10.1 Å². The molecule has 0 amide bonds. The summed E-state index contributed by atoms with van der Waals surface area (Å²) in [7, 11) is 0. The molecule has 1 aromatic heterocycles. The van der Waals surface area contributed by atoms with Crippen LogP contribution in [-0.4, -0.2) is 29.2 Å². The van der Waals surface area contributed by atoms with Gasteiger partial charge >= 0.3 is 0 Å². The zero-order valence-corrected chi connectivity index (χ0v) is 10.4. The summed E-state index contributed by atoms with van der Waals surface area (Å²) in [5, 5.41) is 3.36. The highest BCUT2D eigenvalue weighted by Gasteiger charge is 2.21. The Morgan fingerprint density at radius 1 is 1.31 bits per heavy atom. The maximum absolute atomic E-state index is 5.13. The Morgan fingerprint density at radius 3 is 2.50 bits per heavy atom. The predicted molar refractivity (Wildman–Crippen MR) is 63.7 cm³/mol. The molecule has 0 atom stereocenters. The van der Waals surface area contributed by atoms with Crippen molar-refractivity contribution < 1.29 is 4.74 Å². The van der Waals surface area contributed by atoms with Gasteiger partial charge in [0.25, 0.3) is 0 Å². The summed E-state index contributed by atoms with van der Waals surface area (Å²) < 4.78 is 5.13. The Kier molecular flexibility index (Phi) is 2.84. The third kappa shape index (κ3) is 2.50. The fourth-order valence-electron chi connectivity index (χ4n) is 1.51. The molecule has 0 bridgehead atoms. The molecule has 1 aromatic rings. The van der Waals surface area contributed by atoms with Crippen LogP contribution in [0.1, 0.15) is 32.3 Å². The van der Waals surface area contributed by atoms with Gasteiger partial charge in [0.1, 0.15) is 11.6 Å². The smallest absolute Gasteiger partial charge is 0.136 e. The molecule has 88 valence electrons. The molecule has 1 aliphatic rings. The Labute approximate surface area is 96.4 Å². The summed E-state index contributed by atoms with van der Waals surface area (Å²) in [6.07, 6.45) is 0. The van der Waals surface area contributed by atoms with Gasteiger partial charge in [0, 0.05) is 17.2 Å². The van der Waals surface area contributed by atoms with Crippen LogP contribution in [0.2, 0.25) is 0 Å². The summed E-state index contributed by atoms with van der Waals surface area (Å²) in [4.78, 5) is 9.02. The van der Waals surface area contributed by atoms with Crippen molar-refractivity contribution in [2.24, 2.45) is 0 Å². The number of hydrogen-bond acceptors (Lipinski definition) is 4. The van der Waals surface area contributed by atoms with E-state index in [9.17, 15) is 0 Å². The maximum atomic E-state index is 5.13. The van der Waals surface area contributed by atoms with Gasteiger partial charge in [-0.3, -0.25) is 0 Å². The van der Waals surface area contributed by atoms with Crippen LogP contribution in [0.3, 0.4) is 0 Å². The van der Waals surface area contributed by atoms with Crippen LogP contribution in [0.5, 0.6) is 0 Å². The number of aromatic nitrogens is 2. The highest BCUT2D eigenvalue weighted by molar-refractivity contribution is 5.38. The molecule has 0 unspecified atom stereocenters. The Morgan fingerprint density at radius 2 is 2.00 bits per heavy atom.